The fourth-order valence-corrected chi connectivity index (χ4v) is 5.13. The Morgan fingerprint density at radius 2 is 2.12 bits per heavy atom. The second kappa shape index (κ2) is 5.57. The summed E-state index contributed by atoms with van der Waals surface area (Å²) in [7, 11) is 0. The van der Waals surface area contributed by atoms with Crippen LogP contribution < -0.4 is 0 Å². The van der Waals surface area contributed by atoms with E-state index in [2.05, 4.69) is 13.8 Å². The molecule has 2 aliphatic carbocycles. The van der Waals surface area contributed by atoms with Gasteiger partial charge in [0.15, 0.2) is 0 Å². The van der Waals surface area contributed by atoms with Crippen molar-refractivity contribution in [2.75, 3.05) is 0 Å². The monoisotopic (exact) mass is 348 g/mol. The van der Waals surface area contributed by atoms with Gasteiger partial charge in [-0.05, 0) is 26.7 Å². The molecular weight excluding hydrogens is 320 g/mol. The summed E-state index contributed by atoms with van der Waals surface area (Å²) in [6.45, 7) is 10.0. The summed E-state index contributed by atoms with van der Waals surface area (Å²) in [5.74, 6) is -0.730. The molecule has 0 aromatic rings. The zero-order valence-corrected chi connectivity index (χ0v) is 15.7. The third kappa shape index (κ3) is 2.38. The highest BCUT2D eigenvalue weighted by atomic mass is 16.6. The molecule has 1 saturated carbocycles. The normalized spacial score (nSPS) is 45.9. The van der Waals surface area contributed by atoms with Gasteiger partial charge in [0.1, 0.15) is 17.8 Å². The molecule has 2 saturated heterocycles. The number of carbonyl (C=O) groups excluding carboxylic acids is 2. The summed E-state index contributed by atoms with van der Waals surface area (Å²) < 4.78 is 17.7. The SMILES string of the molecule is CCC(C)C(=O)OC1CC(C)=C2CC3OC3(C)C2C2OC(=O)C(C)C12. The first-order valence-corrected chi connectivity index (χ1v) is 9.55. The van der Waals surface area contributed by atoms with Gasteiger partial charge in [-0.15, -0.1) is 0 Å². The van der Waals surface area contributed by atoms with Gasteiger partial charge >= 0.3 is 11.9 Å². The van der Waals surface area contributed by atoms with E-state index in [0.29, 0.717) is 6.42 Å². The Morgan fingerprint density at radius 1 is 1.40 bits per heavy atom. The highest BCUT2D eigenvalue weighted by molar-refractivity contribution is 5.76. The highest BCUT2D eigenvalue weighted by Gasteiger charge is 2.70. The molecule has 0 spiro atoms. The van der Waals surface area contributed by atoms with E-state index in [-0.39, 0.29) is 59.5 Å². The van der Waals surface area contributed by atoms with Crippen LogP contribution in [0.25, 0.3) is 0 Å². The van der Waals surface area contributed by atoms with Crippen molar-refractivity contribution in [1.82, 2.24) is 0 Å². The van der Waals surface area contributed by atoms with Gasteiger partial charge < -0.3 is 14.2 Å². The molecule has 0 aromatic carbocycles. The number of ether oxygens (including phenoxy) is 3. The molecule has 8 atom stereocenters. The van der Waals surface area contributed by atoms with Gasteiger partial charge in [-0.25, -0.2) is 0 Å². The van der Waals surface area contributed by atoms with E-state index in [9.17, 15) is 9.59 Å². The van der Waals surface area contributed by atoms with Crippen LogP contribution in [-0.4, -0.2) is 35.9 Å². The molecule has 0 N–H and O–H groups in total. The first-order valence-electron chi connectivity index (χ1n) is 9.55. The van der Waals surface area contributed by atoms with Crippen LogP contribution in [0.2, 0.25) is 0 Å². The Morgan fingerprint density at radius 3 is 2.80 bits per heavy atom. The first kappa shape index (κ1) is 17.1. The standard InChI is InChI=1S/C20H28O5/c1-6-9(2)18(21)23-13-7-10(3)12-8-14-20(5,25-14)16(12)17-15(13)11(4)19(22)24-17/h9,11,13-17H,6-8H2,1-5H3. The predicted molar refractivity (Wildman–Crippen MR) is 90.6 cm³/mol. The Hall–Kier alpha value is -1.36. The molecule has 0 aromatic heterocycles. The Labute approximate surface area is 149 Å². The molecule has 138 valence electrons. The second-order valence-corrected chi connectivity index (χ2v) is 8.53. The summed E-state index contributed by atoms with van der Waals surface area (Å²) >= 11 is 0. The van der Waals surface area contributed by atoms with Gasteiger partial charge in [0.2, 0.25) is 0 Å². The summed E-state index contributed by atoms with van der Waals surface area (Å²) in [5.41, 5.74) is 2.42. The van der Waals surface area contributed by atoms with E-state index in [1.165, 1.54) is 11.1 Å². The number of epoxide rings is 1. The Balaban J connectivity index is 1.69. The Kier molecular flexibility index (Phi) is 3.80. The van der Waals surface area contributed by atoms with Crippen LogP contribution in [0.15, 0.2) is 11.1 Å². The van der Waals surface area contributed by atoms with E-state index in [0.717, 1.165) is 12.8 Å². The van der Waals surface area contributed by atoms with E-state index in [1.807, 2.05) is 20.8 Å². The van der Waals surface area contributed by atoms with Gasteiger partial charge in [-0.2, -0.15) is 0 Å². The summed E-state index contributed by atoms with van der Waals surface area (Å²) in [6.07, 6.45) is 2.06. The van der Waals surface area contributed by atoms with Crippen LogP contribution in [-0.2, 0) is 23.8 Å². The summed E-state index contributed by atoms with van der Waals surface area (Å²) in [4.78, 5) is 24.8. The molecule has 3 fully saturated rings. The number of esters is 2. The lowest BCUT2D eigenvalue weighted by molar-refractivity contribution is -0.158. The van der Waals surface area contributed by atoms with Crippen molar-refractivity contribution in [2.45, 2.75) is 77.8 Å². The number of rotatable bonds is 3. The smallest absolute Gasteiger partial charge is 0.309 e. The van der Waals surface area contributed by atoms with E-state index >= 15 is 0 Å². The molecule has 5 heteroatoms. The maximum Gasteiger partial charge on any atom is 0.309 e. The maximum atomic E-state index is 12.4. The number of fused-ring (bicyclic) bond motifs is 5. The minimum absolute atomic E-state index is 0.0993. The van der Waals surface area contributed by atoms with Crippen LogP contribution in [0.1, 0.15) is 53.9 Å². The Bertz CT molecular complexity index is 652. The van der Waals surface area contributed by atoms with Crippen molar-refractivity contribution in [3.8, 4) is 0 Å². The topological polar surface area (TPSA) is 65.1 Å². The second-order valence-electron chi connectivity index (χ2n) is 8.53. The van der Waals surface area contributed by atoms with Crippen LogP contribution in [0.4, 0.5) is 0 Å². The van der Waals surface area contributed by atoms with Crippen LogP contribution >= 0.6 is 0 Å². The molecular formula is C20H28O5. The molecule has 2 heterocycles. The summed E-state index contributed by atoms with van der Waals surface area (Å²) in [5, 5.41) is 0. The fourth-order valence-electron chi connectivity index (χ4n) is 5.13. The third-order valence-corrected chi connectivity index (χ3v) is 7.05. The number of carbonyl (C=O) groups is 2. The van der Waals surface area contributed by atoms with Crippen molar-refractivity contribution in [2.24, 2.45) is 23.7 Å². The average Bonchev–Trinajstić information content (AvgIpc) is 3.03. The van der Waals surface area contributed by atoms with Crippen molar-refractivity contribution >= 4 is 11.9 Å². The fraction of sp³-hybridized carbons (Fsp3) is 0.800. The molecule has 25 heavy (non-hydrogen) atoms. The highest BCUT2D eigenvalue weighted by Crippen LogP contribution is 2.62. The lowest BCUT2D eigenvalue weighted by Crippen LogP contribution is -2.41. The third-order valence-electron chi connectivity index (χ3n) is 7.05. The lowest BCUT2D eigenvalue weighted by Gasteiger charge is -2.31. The van der Waals surface area contributed by atoms with Gasteiger partial charge in [0.05, 0.1) is 17.9 Å². The zero-order valence-electron chi connectivity index (χ0n) is 15.7. The largest absolute Gasteiger partial charge is 0.461 e. The van der Waals surface area contributed by atoms with Gasteiger partial charge in [-0.1, -0.05) is 31.9 Å². The van der Waals surface area contributed by atoms with Crippen molar-refractivity contribution in [3.63, 3.8) is 0 Å². The molecule has 5 nitrogen and oxygen atoms in total. The zero-order chi connectivity index (χ0) is 18.1. The van der Waals surface area contributed by atoms with Gasteiger partial charge in [-0.3, -0.25) is 9.59 Å². The van der Waals surface area contributed by atoms with Gasteiger partial charge in [0, 0.05) is 18.3 Å². The first-order chi connectivity index (χ1) is 11.8. The molecule has 4 rings (SSSR count). The van der Waals surface area contributed by atoms with E-state index < -0.39 is 0 Å². The average molecular weight is 348 g/mol. The van der Waals surface area contributed by atoms with Crippen molar-refractivity contribution in [1.29, 1.82) is 0 Å². The van der Waals surface area contributed by atoms with Crippen LogP contribution in [0.3, 0.4) is 0 Å². The molecule has 2 aliphatic heterocycles. The molecule has 0 radical (unpaired) electrons. The van der Waals surface area contributed by atoms with Gasteiger partial charge in [0.25, 0.3) is 0 Å². The minimum Gasteiger partial charge on any atom is -0.461 e. The van der Waals surface area contributed by atoms with Crippen LogP contribution in [0.5, 0.6) is 0 Å². The lowest BCUT2D eigenvalue weighted by atomic mass is 9.78. The minimum atomic E-state index is -0.299. The maximum absolute atomic E-state index is 12.4. The molecule has 4 aliphatic rings. The number of hydrogen-bond donors (Lipinski definition) is 0. The summed E-state index contributed by atoms with van der Waals surface area (Å²) in [6, 6.07) is 0. The van der Waals surface area contributed by atoms with E-state index in [1.54, 1.807) is 0 Å². The number of hydrogen-bond acceptors (Lipinski definition) is 5. The molecule has 8 unspecified atom stereocenters. The predicted octanol–water partition coefficient (Wildman–Crippen LogP) is 3.02. The van der Waals surface area contributed by atoms with Crippen molar-refractivity contribution in [3.05, 3.63) is 11.1 Å². The molecule has 0 bridgehead atoms. The quantitative estimate of drug-likeness (QED) is 0.446. The van der Waals surface area contributed by atoms with E-state index in [4.69, 9.17) is 14.2 Å². The molecule has 0 amide bonds. The van der Waals surface area contributed by atoms with Crippen LogP contribution in [0, 0.1) is 23.7 Å². The van der Waals surface area contributed by atoms with Crippen molar-refractivity contribution < 1.29 is 23.8 Å².